The van der Waals surface area contributed by atoms with Crippen LogP contribution in [0.15, 0.2) is 46.9 Å². The molecule has 0 saturated carbocycles. The van der Waals surface area contributed by atoms with Crippen LogP contribution in [0.3, 0.4) is 0 Å². The van der Waals surface area contributed by atoms with Crippen molar-refractivity contribution < 1.29 is 4.74 Å². The Kier molecular flexibility index (Phi) is 6.18. The fourth-order valence-corrected chi connectivity index (χ4v) is 5.91. The Balaban J connectivity index is 1.79. The molecule has 5 nitrogen and oxygen atoms in total. The lowest BCUT2D eigenvalue weighted by Crippen LogP contribution is -2.08. The third-order valence-electron chi connectivity index (χ3n) is 6.81. The lowest BCUT2D eigenvalue weighted by atomic mass is 9.96. The van der Waals surface area contributed by atoms with Crippen molar-refractivity contribution in [3.63, 3.8) is 0 Å². The molecule has 0 unspecified atom stereocenters. The molecule has 5 rings (SSSR count). The number of nitrogens with zero attached hydrogens (tertiary/aromatic N) is 4. The van der Waals surface area contributed by atoms with Crippen LogP contribution in [-0.2, 0) is 13.0 Å². The average Bonchev–Trinajstić information content (AvgIpc) is 3.32. The van der Waals surface area contributed by atoms with Crippen LogP contribution in [0, 0.1) is 27.7 Å². The van der Waals surface area contributed by atoms with Gasteiger partial charge in [-0.15, -0.1) is 0 Å². The minimum atomic E-state index is 0.770. The van der Waals surface area contributed by atoms with Gasteiger partial charge >= 0.3 is 0 Å². The predicted octanol–water partition coefficient (Wildman–Crippen LogP) is 7.36. The molecule has 0 aliphatic carbocycles. The summed E-state index contributed by atoms with van der Waals surface area (Å²) < 4.78 is 10.9. The highest BCUT2D eigenvalue weighted by Gasteiger charge is 2.22. The van der Waals surface area contributed by atoms with Crippen molar-refractivity contribution in [3.8, 4) is 16.9 Å². The summed E-state index contributed by atoms with van der Waals surface area (Å²) in [7, 11) is 1.70. The Morgan fingerprint density at radius 2 is 1.60 bits per heavy atom. The molecule has 3 heterocycles. The predicted molar refractivity (Wildman–Crippen MR) is 147 cm³/mol. The van der Waals surface area contributed by atoms with Gasteiger partial charge < -0.3 is 9.30 Å². The normalized spacial score (nSPS) is 11.6. The Morgan fingerprint density at radius 3 is 2.23 bits per heavy atom. The third-order valence-corrected chi connectivity index (χ3v) is 7.27. The molecule has 2 aromatic carbocycles. The van der Waals surface area contributed by atoms with Crippen molar-refractivity contribution in [3.05, 3.63) is 80.7 Å². The maximum atomic E-state index is 5.36. The summed E-state index contributed by atoms with van der Waals surface area (Å²) in [6.45, 7) is 11.5. The topological polar surface area (TPSA) is 44.4 Å². The van der Waals surface area contributed by atoms with Gasteiger partial charge in [-0.2, -0.15) is 9.61 Å². The van der Waals surface area contributed by atoms with E-state index < -0.39 is 0 Å². The summed E-state index contributed by atoms with van der Waals surface area (Å²) in [5.41, 5.74) is 11.4. The van der Waals surface area contributed by atoms with Crippen LogP contribution in [0.4, 0.5) is 0 Å². The van der Waals surface area contributed by atoms with E-state index in [9.17, 15) is 0 Å². The molecule has 0 aliphatic rings. The van der Waals surface area contributed by atoms with Gasteiger partial charge in [-0.3, -0.25) is 0 Å². The molecule has 0 bridgehead atoms. The molecule has 0 saturated heterocycles. The lowest BCUT2D eigenvalue weighted by Gasteiger charge is -2.13. The van der Waals surface area contributed by atoms with E-state index in [1.54, 1.807) is 7.11 Å². The maximum Gasteiger partial charge on any atom is 0.165 e. The van der Waals surface area contributed by atoms with Crippen LogP contribution in [0.2, 0.25) is 0 Å². The lowest BCUT2D eigenvalue weighted by molar-refractivity contribution is 0.414. The zero-order valence-electron chi connectivity index (χ0n) is 21.2. The summed E-state index contributed by atoms with van der Waals surface area (Å²) >= 11 is 3.64. The molecular weight excluding hydrogens is 500 g/mol. The minimum Gasteiger partial charge on any atom is -0.497 e. The highest BCUT2D eigenvalue weighted by molar-refractivity contribution is 9.10. The van der Waals surface area contributed by atoms with E-state index in [2.05, 4.69) is 90.0 Å². The number of ether oxygens (including phenoxy) is 1. The van der Waals surface area contributed by atoms with Crippen molar-refractivity contribution in [2.45, 2.75) is 54.0 Å². The Hall–Kier alpha value is -3.12. The summed E-state index contributed by atoms with van der Waals surface area (Å²) in [5.74, 6) is 0.870. The Morgan fingerprint density at radius 1 is 0.914 bits per heavy atom. The summed E-state index contributed by atoms with van der Waals surface area (Å²) in [6.07, 6.45) is 2.08. The molecular formula is C29H31BrN4O. The number of halogens is 1. The summed E-state index contributed by atoms with van der Waals surface area (Å²) in [5, 5.41) is 6.23. The highest BCUT2D eigenvalue weighted by Crippen LogP contribution is 2.37. The molecule has 0 amide bonds. The Labute approximate surface area is 214 Å². The second-order valence-corrected chi connectivity index (χ2v) is 10.3. The van der Waals surface area contributed by atoms with Gasteiger partial charge in [0.1, 0.15) is 11.4 Å². The van der Waals surface area contributed by atoms with Gasteiger partial charge in [-0.25, -0.2) is 4.98 Å². The van der Waals surface area contributed by atoms with Crippen LogP contribution in [-0.4, -0.2) is 26.3 Å². The molecule has 0 spiro atoms. The molecule has 0 atom stereocenters. The Bertz CT molecular complexity index is 1540. The first-order valence-corrected chi connectivity index (χ1v) is 12.9. The van der Waals surface area contributed by atoms with Crippen LogP contribution in [0.5, 0.6) is 5.75 Å². The summed E-state index contributed by atoms with van der Waals surface area (Å²) in [4.78, 5) is 5.11. The van der Waals surface area contributed by atoms with E-state index in [1.807, 2.05) is 12.1 Å². The van der Waals surface area contributed by atoms with Crippen LogP contribution >= 0.6 is 15.9 Å². The van der Waals surface area contributed by atoms with Crippen LogP contribution in [0.25, 0.3) is 27.8 Å². The zero-order chi connectivity index (χ0) is 24.9. The van der Waals surface area contributed by atoms with Gasteiger partial charge in [0.25, 0.3) is 0 Å². The number of aromatic nitrogens is 4. The molecule has 0 radical (unpaired) electrons. The second kappa shape index (κ2) is 9.15. The number of rotatable bonds is 6. The fraction of sp³-hybridized carbons (Fsp3) is 0.310. The van der Waals surface area contributed by atoms with E-state index in [4.69, 9.17) is 14.8 Å². The number of hydrogen-bond donors (Lipinski definition) is 0. The number of hydrogen-bond acceptors (Lipinski definition) is 3. The van der Waals surface area contributed by atoms with E-state index in [-0.39, 0.29) is 0 Å². The first-order valence-electron chi connectivity index (χ1n) is 12.1. The van der Waals surface area contributed by atoms with Gasteiger partial charge in [0.05, 0.1) is 24.1 Å². The van der Waals surface area contributed by atoms with Crippen LogP contribution < -0.4 is 4.74 Å². The number of fused-ring (bicyclic) bond motifs is 3. The molecule has 5 aromatic rings. The molecule has 0 aliphatic heterocycles. The SMILES string of the molecule is CCCc1cc2c(C)nc3c(-c4c(C)cc(Br)cc4C)c(C)nn3c2n1Cc1ccc(OC)cc1. The van der Waals surface area contributed by atoms with Crippen molar-refractivity contribution in [1.29, 1.82) is 0 Å². The van der Waals surface area contributed by atoms with Gasteiger partial charge in [-0.1, -0.05) is 41.4 Å². The summed E-state index contributed by atoms with van der Waals surface area (Å²) in [6, 6.07) is 15.0. The molecule has 0 fully saturated rings. The van der Waals surface area contributed by atoms with E-state index in [0.717, 1.165) is 63.2 Å². The second-order valence-electron chi connectivity index (χ2n) is 9.36. The van der Waals surface area contributed by atoms with Crippen LogP contribution in [0.1, 0.15) is 47.1 Å². The molecule has 35 heavy (non-hydrogen) atoms. The number of aryl methyl sites for hydroxylation is 5. The van der Waals surface area contributed by atoms with Crippen molar-refractivity contribution in [1.82, 2.24) is 19.2 Å². The fourth-order valence-electron chi connectivity index (χ4n) is 5.22. The van der Waals surface area contributed by atoms with E-state index in [1.165, 1.54) is 27.9 Å². The van der Waals surface area contributed by atoms with E-state index >= 15 is 0 Å². The van der Waals surface area contributed by atoms with Gasteiger partial charge in [0.15, 0.2) is 5.65 Å². The monoisotopic (exact) mass is 530 g/mol. The largest absolute Gasteiger partial charge is 0.497 e. The zero-order valence-corrected chi connectivity index (χ0v) is 22.8. The van der Waals surface area contributed by atoms with Gasteiger partial charge in [0, 0.05) is 22.1 Å². The highest BCUT2D eigenvalue weighted by atomic mass is 79.9. The molecule has 3 aromatic heterocycles. The standard InChI is InChI=1S/C29H31BrN4O/c1-7-8-23-15-25-19(4)31-28-27(26-17(2)13-22(30)14-18(26)3)20(5)32-34(28)29(25)33(23)16-21-9-11-24(35-6)12-10-21/h9-15H,7-8,16H2,1-6H3. The first-order chi connectivity index (χ1) is 16.8. The quantitative estimate of drug-likeness (QED) is 0.230. The molecule has 6 heteroatoms. The van der Waals surface area contributed by atoms with E-state index in [0.29, 0.717) is 0 Å². The maximum absolute atomic E-state index is 5.36. The van der Waals surface area contributed by atoms with Gasteiger partial charge in [0.2, 0.25) is 0 Å². The first kappa shape index (κ1) is 23.6. The minimum absolute atomic E-state index is 0.770. The number of methoxy groups -OCH3 is 1. The third kappa shape index (κ3) is 4.04. The molecule has 180 valence electrons. The van der Waals surface area contributed by atoms with Crippen molar-refractivity contribution in [2.24, 2.45) is 0 Å². The van der Waals surface area contributed by atoms with Gasteiger partial charge in [-0.05, 0) is 86.7 Å². The molecule has 0 N–H and O–H groups in total. The van der Waals surface area contributed by atoms with Crippen molar-refractivity contribution >= 4 is 32.6 Å². The number of benzene rings is 2. The smallest absolute Gasteiger partial charge is 0.165 e. The van der Waals surface area contributed by atoms with Crippen molar-refractivity contribution in [2.75, 3.05) is 7.11 Å². The average molecular weight is 531 g/mol.